The molecule has 1 fully saturated rings. The summed E-state index contributed by atoms with van der Waals surface area (Å²) in [6, 6.07) is 14.1. The lowest BCUT2D eigenvalue weighted by molar-refractivity contribution is 0.164. The van der Waals surface area contributed by atoms with Crippen LogP contribution in [0.25, 0.3) is 0 Å². The van der Waals surface area contributed by atoms with E-state index in [2.05, 4.69) is 38.3 Å². The maximum Gasteiger partial charge on any atom is 0.124 e. The van der Waals surface area contributed by atoms with Gasteiger partial charge >= 0.3 is 0 Å². The molecular formula is C21H26BrClN2O. The van der Waals surface area contributed by atoms with Crippen LogP contribution in [-0.4, -0.2) is 31.6 Å². The number of hydrogen-bond donors (Lipinski definition) is 1. The highest BCUT2D eigenvalue weighted by Crippen LogP contribution is 2.27. The van der Waals surface area contributed by atoms with Crippen LogP contribution >= 0.6 is 27.5 Å². The molecule has 3 rings (SSSR count). The van der Waals surface area contributed by atoms with Gasteiger partial charge in [-0.05, 0) is 74.8 Å². The Labute approximate surface area is 169 Å². The van der Waals surface area contributed by atoms with Gasteiger partial charge in [-0.2, -0.15) is 0 Å². The highest BCUT2D eigenvalue weighted by molar-refractivity contribution is 9.10. The molecule has 0 aromatic heterocycles. The van der Waals surface area contributed by atoms with Crippen molar-refractivity contribution in [2.24, 2.45) is 5.92 Å². The molecule has 5 heteroatoms. The molecule has 3 nitrogen and oxygen atoms in total. The lowest BCUT2D eigenvalue weighted by Crippen LogP contribution is -2.38. The SMILES string of the molecule is CNCC1CCCN(Cc2cc(Br)ccc2OCc2ccc(Cl)cc2)C1. The molecule has 1 saturated heterocycles. The van der Waals surface area contributed by atoms with E-state index < -0.39 is 0 Å². The summed E-state index contributed by atoms with van der Waals surface area (Å²) in [5.41, 5.74) is 2.36. The number of rotatable bonds is 7. The van der Waals surface area contributed by atoms with Crippen molar-refractivity contribution in [2.75, 3.05) is 26.7 Å². The van der Waals surface area contributed by atoms with Gasteiger partial charge in [-0.25, -0.2) is 0 Å². The van der Waals surface area contributed by atoms with Gasteiger partial charge in [0, 0.05) is 28.1 Å². The van der Waals surface area contributed by atoms with Gasteiger partial charge < -0.3 is 10.1 Å². The Kier molecular flexibility index (Phi) is 7.38. The average molecular weight is 438 g/mol. The van der Waals surface area contributed by atoms with Crippen LogP contribution in [0.4, 0.5) is 0 Å². The maximum absolute atomic E-state index is 6.13. The lowest BCUT2D eigenvalue weighted by Gasteiger charge is -2.33. The van der Waals surface area contributed by atoms with E-state index in [9.17, 15) is 0 Å². The monoisotopic (exact) mass is 436 g/mol. The second-order valence-corrected chi connectivity index (χ2v) is 8.32. The van der Waals surface area contributed by atoms with E-state index in [1.165, 1.54) is 18.4 Å². The highest BCUT2D eigenvalue weighted by Gasteiger charge is 2.20. The smallest absolute Gasteiger partial charge is 0.124 e. The lowest BCUT2D eigenvalue weighted by atomic mass is 9.97. The number of hydrogen-bond acceptors (Lipinski definition) is 3. The molecule has 0 spiro atoms. The summed E-state index contributed by atoms with van der Waals surface area (Å²) in [6.45, 7) is 4.87. The van der Waals surface area contributed by atoms with Gasteiger partial charge in [0.2, 0.25) is 0 Å². The third kappa shape index (κ3) is 5.71. The fourth-order valence-corrected chi connectivity index (χ4v) is 4.08. The molecule has 0 radical (unpaired) electrons. The fraction of sp³-hybridized carbons (Fsp3) is 0.429. The van der Waals surface area contributed by atoms with Crippen molar-refractivity contribution in [1.82, 2.24) is 10.2 Å². The molecule has 2 aromatic rings. The molecule has 0 bridgehead atoms. The number of nitrogens with zero attached hydrogens (tertiary/aromatic N) is 1. The van der Waals surface area contributed by atoms with Gasteiger partial charge in [0.25, 0.3) is 0 Å². The van der Waals surface area contributed by atoms with Crippen molar-refractivity contribution in [2.45, 2.75) is 26.0 Å². The van der Waals surface area contributed by atoms with Crippen molar-refractivity contribution in [3.05, 3.63) is 63.1 Å². The minimum Gasteiger partial charge on any atom is -0.489 e. The van der Waals surface area contributed by atoms with Crippen LogP contribution in [0.5, 0.6) is 5.75 Å². The Balaban J connectivity index is 1.66. The normalized spacial score (nSPS) is 18.0. The second-order valence-electron chi connectivity index (χ2n) is 6.97. The number of ether oxygens (including phenoxy) is 1. The molecule has 0 amide bonds. The van der Waals surface area contributed by atoms with Gasteiger partial charge in [-0.1, -0.05) is 39.7 Å². The van der Waals surface area contributed by atoms with Gasteiger partial charge in [-0.3, -0.25) is 4.90 Å². The molecule has 0 aliphatic carbocycles. The van der Waals surface area contributed by atoms with Gasteiger partial charge in [0.1, 0.15) is 12.4 Å². The van der Waals surface area contributed by atoms with Crippen LogP contribution in [-0.2, 0) is 13.2 Å². The predicted molar refractivity (Wildman–Crippen MR) is 112 cm³/mol. The van der Waals surface area contributed by atoms with E-state index in [1.54, 1.807) is 0 Å². The van der Waals surface area contributed by atoms with E-state index in [0.29, 0.717) is 6.61 Å². The summed E-state index contributed by atoms with van der Waals surface area (Å²) in [5.74, 6) is 1.69. The van der Waals surface area contributed by atoms with E-state index >= 15 is 0 Å². The first-order valence-corrected chi connectivity index (χ1v) is 10.3. The Morgan fingerprint density at radius 3 is 2.81 bits per heavy atom. The number of piperidine rings is 1. The first-order valence-electron chi connectivity index (χ1n) is 9.16. The van der Waals surface area contributed by atoms with Crippen molar-refractivity contribution in [3.63, 3.8) is 0 Å². The quantitative estimate of drug-likeness (QED) is 0.651. The molecule has 1 N–H and O–H groups in total. The minimum absolute atomic E-state index is 0.550. The molecule has 0 saturated carbocycles. The maximum atomic E-state index is 6.13. The third-order valence-corrected chi connectivity index (χ3v) is 5.57. The Bertz CT molecular complexity index is 706. The van der Waals surface area contributed by atoms with Crippen LogP contribution in [0.2, 0.25) is 5.02 Å². The van der Waals surface area contributed by atoms with Crippen molar-refractivity contribution in [3.8, 4) is 5.75 Å². The Morgan fingerprint density at radius 2 is 2.04 bits per heavy atom. The molecule has 2 aromatic carbocycles. The second kappa shape index (κ2) is 9.75. The zero-order valence-corrected chi connectivity index (χ0v) is 17.5. The fourth-order valence-electron chi connectivity index (χ4n) is 3.55. The van der Waals surface area contributed by atoms with E-state index in [1.807, 2.05) is 37.4 Å². The van der Waals surface area contributed by atoms with Gasteiger partial charge in [0.05, 0.1) is 0 Å². The molecule has 140 valence electrons. The number of likely N-dealkylation sites (tertiary alicyclic amines) is 1. The van der Waals surface area contributed by atoms with Crippen molar-refractivity contribution >= 4 is 27.5 Å². The Morgan fingerprint density at radius 1 is 1.23 bits per heavy atom. The van der Waals surface area contributed by atoms with Crippen LogP contribution in [0, 0.1) is 5.92 Å². The Hall–Kier alpha value is -1.07. The summed E-state index contributed by atoms with van der Waals surface area (Å²) in [4.78, 5) is 2.54. The molecule has 1 unspecified atom stereocenters. The number of nitrogens with one attached hydrogen (secondary N) is 1. The minimum atomic E-state index is 0.550. The van der Waals surface area contributed by atoms with Crippen LogP contribution in [0.15, 0.2) is 46.9 Å². The summed E-state index contributed by atoms with van der Waals surface area (Å²) in [7, 11) is 2.04. The summed E-state index contributed by atoms with van der Waals surface area (Å²) in [5, 5.41) is 4.07. The summed E-state index contributed by atoms with van der Waals surface area (Å²) in [6.07, 6.45) is 2.58. The topological polar surface area (TPSA) is 24.5 Å². The van der Waals surface area contributed by atoms with E-state index in [-0.39, 0.29) is 0 Å². The largest absolute Gasteiger partial charge is 0.489 e. The van der Waals surface area contributed by atoms with Crippen LogP contribution in [0.3, 0.4) is 0 Å². The average Bonchev–Trinajstić information content (AvgIpc) is 2.63. The molecule has 1 aliphatic rings. The molecule has 26 heavy (non-hydrogen) atoms. The van der Waals surface area contributed by atoms with Crippen molar-refractivity contribution in [1.29, 1.82) is 0 Å². The molecule has 1 heterocycles. The standard InChI is InChI=1S/C21H26BrClN2O/c1-24-12-17-3-2-10-25(13-17)14-18-11-19(22)6-9-21(18)26-15-16-4-7-20(23)8-5-16/h4-9,11,17,24H,2-3,10,12-15H2,1H3. The van der Waals surface area contributed by atoms with Crippen LogP contribution in [0.1, 0.15) is 24.0 Å². The summed E-state index contributed by atoms with van der Waals surface area (Å²) < 4.78 is 7.22. The van der Waals surface area contributed by atoms with Crippen LogP contribution < -0.4 is 10.1 Å². The number of halogens is 2. The van der Waals surface area contributed by atoms with Gasteiger partial charge in [0.15, 0.2) is 0 Å². The highest BCUT2D eigenvalue weighted by atomic mass is 79.9. The first kappa shape index (κ1) is 19.7. The molecular weight excluding hydrogens is 412 g/mol. The molecule has 1 atom stereocenters. The van der Waals surface area contributed by atoms with Gasteiger partial charge in [-0.15, -0.1) is 0 Å². The van der Waals surface area contributed by atoms with Crippen molar-refractivity contribution < 1.29 is 4.74 Å². The molecule has 1 aliphatic heterocycles. The van der Waals surface area contributed by atoms with E-state index in [4.69, 9.17) is 16.3 Å². The zero-order chi connectivity index (χ0) is 18.4. The predicted octanol–water partition coefficient (Wildman–Crippen LogP) is 5.11. The van der Waals surface area contributed by atoms with E-state index in [0.717, 1.165) is 52.9 Å². The summed E-state index contributed by atoms with van der Waals surface area (Å²) >= 11 is 9.56. The zero-order valence-electron chi connectivity index (χ0n) is 15.2. The third-order valence-electron chi connectivity index (χ3n) is 4.82. The first-order chi connectivity index (χ1) is 12.6. The number of benzene rings is 2.